The van der Waals surface area contributed by atoms with Crippen LogP contribution in [-0.2, 0) is 36.3 Å². The Bertz CT molecular complexity index is 981. The first-order valence-corrected chi connectivity index (χ1v) is 17.8. The van der Waals surface area contributed by atoms with E-state index in [1.165, 1.54) is 27.7 Å². The second-order valence-electron chi connectivity index (χ2n) is 13.6. The van der Waals surface area contributed by atoms with Crippen molar-refractivity contribution in [3.63, 3.8) is 0 Å². The molecule has 0 fully saturated rings. The lowest BCUT2D eigenvalue weighted by Gasteiger charge is -2.40. The van der Waals surface area contributed by atoms with E-state index in [9.17, 15) is 44.3 Å². The van der Waals surface area contributed by atoms with Gasteiger partial charge >= 0.3 is 24.3 Å². The highest BCUT2D eigenvalue weighted by Gasteiger charge is 2.58. The number of nitrogens with one attached hydrogen (secondary N) is 2. The number of ether oxygens (including phenoxy) is 1. The van der Waals surface area contributed by atoms with Gasteiger partial charge in [0, 0.05) is 0 Å². The van der Waals surface area contributed by atoms with Gasteiger partial charge in [0.15, 0.2) is 0 Å². The molecule has 6 atom stereocenters. The molecule has 46 heavy (non-hydrogen) atoms. The number of hydrogen-bond donors (Lipinski definition) is 3. The molecular weight excluding hydrogens is 662 g/mol. The van der Waals surface area contributed by atoms with Crippen molar-refractivity contribution in [2.75, 3.05) is 6.61 Å². The molecule has 0 radical (unpaired) electrons. The van der Waals surface area contributed by atoms with E-state index in [4.69, 9.17) is 9.84 Å². The van der Waals surface area contributed by atoms with E-state index in [1.807, 2.05) is 25.5 Å². The molecule has 0 heterocycles. The van der Waals surface area contributed by atoms with Crippen molar-refractivity contribution in [2.45, 2.75) is 155 Å². The number of carboxylic acids is 1. The van der Waals surface area contributed by atoms with E-state index >= 15 is 0 Å². The lowest BCUT2D eigenvalue weighted by Crippen LogP contribution is -2.60. The third kappa shape index (κ3) is 16.2. The summed E-state index contributed by atoms with van der Waals surface area (Å²) in [5.74, 6) is -3.92. The minimum Gasteiger partial charge on any atom is -0.481 e. The van der Waals surface area contributed by atoms with Crippen LogP contribution >= 0.6 is 0 Å². The molecule has 8 nitrogen and oxygen atoms in total. The lowest BCUT2D eigenvalue weighted by atomic mass is 9.73. The normalized spacial score (nSPS) is 17.6. The van der Waals surface area contributed by atoms with E-state index in [0.717, 1.165) is 6.42 Å². The second kappa shape index (κ2) is 19.7. The summed E-state index contributed by atoms with van der Waals surface area (Å²) in [5.41, 5.74) is -1.81. The summed E-state index contributed by atoms with van der Waals surface area (Å²) in [7, 11) is -3.97. The van der Waals surface area contributed by atoms with E-state index in [0.29, 0.717) is 19.3 Å². The number of rotatable bonds is 17. The monoisotopic (exact) mass is 718 g/mol. The average Bonchev–Trinajstić information content (AvgIpc) is 2.87. The third-order valence-electron chi connectivity index (χ3n) is 7.12. The zero-order valence-electron chi connectivity index (χ0n) is 29.0. The Morgan fingerprint density at radius 1 is 0.783 bits per heavy atom. The first kappa shape index (κ1) is 46.9. The van der Waals surface area contributed by atoms with E-state index < -0.39 is 79.2 Å². The van der Waals surface area contributed by atoms with Gasteiger partial charge in [0.05, 0.1) is 49.4 Å². The highest BCUT2D eigenvalue weighted by Crippen LogP contribution is 2.43. The van der Waals surface area contributed by atoms with Crippen LogP contribution in [0.1, 0.15) is 121 Å². The Morgan fingerprint density at radius 3 is 1.59 bits per heavy atom. The van der Waals surface area contributed by atoms with E-state index in [1.54, 1.807) is 27.7 Å². The number of carboxylic acid groups (broad SMARTS) is 1. The number of alkyl halides is 6. The van der Waals surface area contributed by atoms with Gasteiger partial charge < -0.3 is 9.84 Å². The number of carbonyl (C=O) groups excluding carboxylic acids is 1. The van der Waals surface area contributed by atoms with Gasteiger partial charge in [-0.25, -0.2) is 17.9 Å². The summed E-state index contributed by atoms with van der Waals surface area (Å²) in [6.07, 6.45) is -7.37. The molecule has 0 aromatic carbocycles. The van der Waals surface area contributed by atoms with Crippen LogP contribution in [0.2, 0.25) is 0 Å². The molecule has 0 spiro atoms. The third-order valence-corrected chi connectivity index (χ3v) is 10.3. The molecule has 0 aliphatic heterocycles. The minimum absolute atomic E-state index is 0.00476. The Hall–Kier alpha value is -1.26. The van der Waals surface area contributed by atoms with E-state index in [2.05, 4.69) is 4.72 Å². The standard InChI is InChI=1S/C17H32F3NO3S.C13H24F3NO3S/c1-8-16(11-10-12(3)4,14(22)24-9-2)13(17(18,19)20)21-25(23)15(5,6)7;1-5-6-7-8-9(11(18)19)10(13(14,15)16)17-21(20)12(2,3)4/h12-13,21H,8-11H2,1-7H3;9-10,17H,5-8H2,1-4H3,(H,18,19)/t13-,16-,25-;9-,10-,21-/m00/s1. The number of carbonyl (C=O) groups is 2. The Labute approximate surface area is 276 Å². The largest absolute Gasteiger partial charge is 0.481 e. The van der Waals surface area contributed by atoms with Crippen LogP contribution in [0.3, 0.4) is 0 Å². The topological polar surface area (TPSA) is 122 Å². The predicted octanol–water partition coefficient (Wildman–Crippen LogP) is 7.62. The van der Waals surface area contributed by atoms with Crippen LogP contribution in [-0.4, -0.2) is 66.0 Å². The molecule has 0 aliphatic carbocycles. The summed E-state index contributed by atoms with van der Waals surface area (Å²) in [6.45, 7) is 18.1. The number of halogens is 6. The zero-order chi connectivity index (χ0) is 36.9. The summed E-state index contributed by atoms with van der Waals surface area (Å²) < 4.78 is 113. The first-order valence-electron chi connectivity index (χ1n) is 15.5. The fourth-order valence-electron chi connectivity index (χ4n) is 4.20. The van der Waals surface area contributed by atoms with Gasteiger partial charge in [-0.3, -0.25) is 9.59 Å². The SMILES string of the molecule is CCCCC[C@H](C(=O)O)[C@H](N[S@@](=O)C(C)(C)C)C(F)(F)F.CCOC(=O)[C@@](CC)(CCC(C)C)[C@H](N[S@@](=O)C(C)(C)C)C(F)(F)F. The van der Waals surface area contributed by atoms with Crippen LogP contribution in [0.4, 0.5) is 26.3 Å². The van der Waals surface area contributed by atoms with Crippen molar-refractivity contribution in [3.8, 4) is 0 Å². The maximum absolute atomic E-state index is 13.9. The van der Waals surface area contributed by atoms with Gasteiger partial charge in [0.25, 0.3) is 0 Å². The Kier molecular flexibility index (Phi) is 20.0. The molecule has 276 valence electrons. The van der Waals surface area contributed by atoms with Gasteiger partial charge in [-0.1, -0.05) is 47.0 Å². The molecule has 0 aromatic heterocycles. The maximum Gasteiger partial charge on any atom is 0.405 e. The lowest BCUT2D eigenvalue weighted by molar-refractivity contribution is -0.197. The van der Waals surface area contributed by atoms with Crippen molar-refractivity contribution in [1.82, 2.24) is 9.44 Å². The summed E-state index contributed by atoms with van der Waals surface area (Å²) in [6, 6.07) is -4.55. The fourth-order valence-corrected chi connectivity index (χ4v) is 6.01. The van der Waals surface area contributed by atoms with E-state index in [-0.39, 0.29) is 31.8 Å². The summed E-state index contributed by atoms with van der Waals surface area (Å²) >= 11 is 0. The van der Waals surface area contributed by atoms with Gasteiger partial charge in [0.2, 0.25) is 0 Å². The van der Waals surface area contributed by atoms with Gasteiger partial charge in [-0.15, -0.1) is 0 Å². The van der Waals surface area contributed by atoms with Crippen molar-refractivity contribution in [2.24, 2.45) is 17.3 Å². The molecule has 0 saturated carbocycles. The second-order valence-corrected chi connectivity index (χ2v) is 17.6. The Balaban J connectivity index is 0. The fraction of sp³-hybridized carbons (Fsp3) is 0.933. The number of unbranched alkanes of at least 4 members (excludes halogenated alkanes) is 2. The van der Waals surface area contributed by atoms with Crippen molar-refractivity contribution < 1.29 is 54.2 Å². The number of hydrogen-bond acceptors (Lipinski definition) is 5. The molecular formula is C30H56F6N2O6S2. The minimum atomic E-state index is -4.77. The molecule has 0 aromatic rings. The van der Waals surface area contributed by atoms with Gasteiger partial charge in [0.1, 0.15) is 12.1 Å². The van der Waals surface area contributed by atoms with Crippen LogP contribution < -0.4 is 9.44 Å². The van der Waals surface area contributed by atoms with Crippen molar-refractivity contribution in [3.05, 3.63) is 0 Å². The zero-order valence-corrected chi connectivity index (χ0v) is 30.7. The smallest absolute Gasteiger partial charge is 0.405 e. The molecule has 0 bridgehead atoms. The summed E-state index contributed by atoms with van der Waals surface area (Å²) in [4.78, 5) is 23.7. The first-order chi connectivity index (χ1) is 20.6. The summed E-state index contributed by atoms with van der Waals surface area (Å²) in [5, 5.41) is 9.08. The molecule has 0 unspecified atom stereocenters. The molecule has 0 saturated heterocycles. The van der Waals surface area contributed by atoms with Crippen LogP contribution in [0.25, 0.3) is 0 Å². The molecule has 0 amide bonds. The van der Waals surface area contributed by atoms with Crippen LogP contribution in [0.5, 0.6) is 0 Å². The Morgan fingerprint density at radius 2 is 1.26 bits per heavy atom. The molecule has 0 aliphatic rings. The maximum atomic E-state index is 13.9. The van der Waals surface area contributed by atoms with Crippen LogP contribution in [0, 0.1) is 17.3 Å². The quantitative estimate of drug-likeness (QED) is 0.0809. The number of aliphatic carboxylic acids is 1. The van der Waals surface area contributed by atoms with Gasteiger partial charge in [-0.2, -0.15) is 26.3 Å². The average molecular weight is 719 g/mol. The van der Waals surface area contributed by atoms with Crippen LogP contribution in [0.15, 0.2) is 0 Å². The highest BCUT2D eigenvalue weighted by molar-refractivity contribution is 7.84. The molecule has 3 N–H and O–H groups in total. The van der Waals surface area contributed by atoms with Crippen molar-refractivity contribution >= 4 is 33.9 Å². The molecule has 0 rings (SSSR count). The predicted molar refractivity (Wildman–Crippen MR) is 170 cm³/mol. The molecule has 16 heteroatoms. The van der Waals surface area contributed by atoms with Gasteiger partial charge in [-0.05, 0) is 80.1 Å². The van der Waals surface area contributed by atoms with Crippen molar-refractivity contribution in [1.29, 1.82) is 0 Å². The highest BCUT2D eigenvalue weighted by atomic mass is 32.2. The number of esters is 1.